The molecule has 1 heterocycles. The zero-order valence-corrected chi connectivity index (χ0v) is 10.6. The molecule has 0 aliphatic carbocycles. The van der Waals surface area contributed by atoms with Gasteiger partial charge in [0.05, 0.1) is 11.4 Å². The van der Waals surface area contributed by atoms with Gasteiger partial charge in [0.2, 0.25) is 0 Å². The van der Waals surface area contributed by atoms with Gasteiger partial charge in [-0.2, -0.15) is 0 Å². The fourth-order valence-electron chi connectivity index (χ4n) is 2.00. The summed E-state index contributed by atoms with van der Waals surface area (Å²) in [5.74, 6) is 0.0555. The number of rotatable bonds is 2. The van der Waals surface area contributed by atoms with Crippen molar-refractivity contribution in [2.75, 3.05) is 17.2 Å². The van der Waals surface area contributed by atoms with Crippen molar-refractivity contribution in [2.45, 2.75) is 0 Å². The zero-order valence-electron chi connectivity index (χ0n) is 10.6. The van der Waals surface area contributed by atoms with E-state index in [0.29, 0.717) is 22.7 Å². The van der Waals surface area contributed by atoms with E-state index in [4.69, 9.17) is 4.74 Å². The predicted molar refractivity (Wildman–Crippen MR) is 75.0 cm³/mol. The lowest BCUT2D eigenvalue weighted by Gasteiger charge is -2.20. The lowest BCUT2D eigenvalue weighted by Crippen LogP contribution is -2.26. The molecule has 0 radical (unpaired) electrons. The molecule has 2 aromatic rings. The van der Waals surface area contributed by atoms with Gasteiger partial charge in [-0.05, 0) is 24.3 Å². The summed E-state index contributed by atoms with van der Waals surface area (Å²) < 4.78 is 5.38. The van der Waals surface area contributed by atoms with Gasteiger partial charge in [0.25, 0.3) is 11.8 Å². The van der Waals surface area contributed by atoms with E-state index in [1.807, 2.05) is 6.07 Å². The van der Waals surface area contributed by atoms with Crippen molar-refractivity contribution in [3.63, 3.8) is 0 Å². The zero-order chi connectivity index (χ0) is 13.9. The number of hydrogen-bond acceptors (Lipinski definition) is 3. The van der Waals surface area contributed by atoms with E-state index in [-0.39, 0.29) is 18.4 Å². The second-order valence-corrected chi connectivity index (χ2v) is 4.34. The first-order valence-corrected chi connectivity index (χ1v) is 6.16. The number of para-hydroxylation sites is 1. The van der Waals surface area contributed by atoms with Gasteiger partial charge in [0.15, 0.2) is 12.4 Å². The van der Waals surface area contributed by atoms with Crippen LogP contribution in [0.4, 0.5) is 11.4 Å². The molecule has 1 aliphatic rings. The summed E-state index contributed by atoms with van der Waals surface area (Å²) in [4.78, 5) is 23.4. The van der Waals surface area contributed by atoms with Crippen LogP contribution >= 0.6 is 0 Å². The Morgan fingerprint density at radius 1 is 1.10 bits per heavy atom. The molecule has 0 spiro atoms. The van der Waals surface area contributed by atoms with Crippen LogP contribution in [0.3, 0.4) is 0 Å². The Balaban J connectivity index is 1.87. The fraction of sp³-hybridized carbons (Fsp3) is 0.0667. The molecule has 2 N–H and O–H groups in total. The molecule has 0 fully saturated rings. The highest BCUT2D eigenvalue weighted by atomic mass is 16.5. The molecule has 0 bridgehead atoms. The minimum absolute atomic E-state index is 0.0504. The highest BCUT2D eigenvalue weighted by Gasteiger charge is 2.20. The number of benzene rings is 2. The highest BCUT2D eigenvalue weighted by Crippen LogP contribution is 2.35. The summed E-state index contributed by atoms with van der Waals surface area (Å²) in [6.45, 7) is -0.0504. The molecule has 0 saturated carbocycles. The maximum absolute atomic E-state index is 12.1. The van der Waals surface area contributed by atoms with E-state index in [1.165, 1.54) is 0 Å². The number of nitrogens with one attached hydrogen (secondary N) is 2. The molecular formula is C15H12N2O3. The molecule has 0 unspecified atom stereocenters. The van der Waals surface area contributed by atoms with E-state index < -0.39 is 0 Å². The Morgan fingerprint density at radius 3 is 2.70 bits per heavy atom. The average molecular weight is 268 g/mol. The lowest BCUT2D eigenvalue weighted by molar-refractivity contribution is -0.118. The maximum Gasteiger partial charge on any atom is 0.262 e. The van der Waals surface area contributed by atoms with E-state index in [1.54, 1.807) is 42.5 Å². The fourth-order valence-corrected chi connectivity index (χ4v) is 2.00. The van der Waals surface area contributed by atoms with Crippen molar-refractivity contribution in [2.24, 2.45) is 0 Å². The van der Waals surface area contributed by atoms with Crippen LogP contribution in [0.5, 0.6) is 5.75 Å². The van der Waals surface area contributed by atoms with Crippen LogP contribution < -0.4 is 15.4 Å². The van der Waals surface area contributed by atoms with Gasteiger partial charge in [-0.1, -0.05) is 24.3 Å². The average Bonchev–Trinajstić information content (AvgIpc) is 2.48. The molecule has 0 saturated heterocycles. The third kappa shape index (κ3) is 2.33. The third-order valence-corrected chi connectivity index (χ3v) is 2.92. The van der Waals surface area contributed by atoms with Gasteiger partial charge in [0.1, 0.15) is 0 Å². The first kappa shape index (κ1) is 12.2. The molecule has 20 heavy (non-hydrogen) atoms. The molecule has 5 nitrogen and oxygen atoms in total. The van der Waals surface area contributed by atoms with Crippen molar-refractivity contribution < 1.29 is 14.3 Å². The molecule has 100 valence electrons. The lowest BCUT2D eigenvalue weighted by atomic mass is 10.2. The quantitative estimate of drug-likeness (QED) is 0.878. The highest BCUT2D eigenvalue weighted by molar-refractivity contribution is 6.06. The molecular weight excluding hydrogens is 256 g/mol. The molecule has 2 amide bonds. The minimum Gasteiger partial charge on any atom is -0.479 e. The Hall–Kier alpha value is -2.82. The number of hydrogen-bond donors (Lipinski definition) is 2. The SMILES string of the molecule is O=C1COc2c(cccc2NC(=O)c2ccccc2)N1. The second kappa shape index (κ2) is 5.05. The Bertz CT molecular complexity index is 668. The van der Waals surface area contributed by atoms with Crippen molar-refractivity contribution in [3.05, 3.63) is 54.1 Å². The van der Waals surface area contributed by atoms with Crippen LogP contribution in [0.15, 0.2) is 48.5 Å². The Labute approximate surface area is 115 Å². The van der Waals surface area contributed by atoms with E-state index >= 15 is 0 Å². The monoisotopic (exact) mass is 268 g/mol. The number of amides is 2. The summed E-state index contributed by atoms with van der Waals surface area (Å²) in [6.07, 6.45) is 0. The Kier molecular flexibility index (Phi) is 3.09. The van der Waals surface area contributed by atoms with E-state index in [9.17, 15) is 9.59 Å². The number of carbonyl (C=O) groups excluding carboxylic acids is 2. The minimum atomic E-state index is -0.223. The summed E-state index contributed by atoms with van der Waals surface area (Å²) in [5.41, 5.74) is 1.66. The van der Waals surface area contributed by atoms with Crippen LogP contribution in [-0.2, 0) is 4.79 Å². The molecule has 5 heteroatoms. The second-order valence-electron chi connectivity index (χ2n) is 4.34. The molecule has 0 aromatic heterocycles. The summed E-state index contributed by atoms with van der Waals surface area (Å²) in [7, 11) is 0. The van der Waals surface area contributed by atoms with Gasteiger partial charge in [-0.25, -0.2) is 0 Å². The van der Waals surface area contributed by atoms with Gasteiger partial charge in [0, 0.05) is 5.56 Å². The van der Waals surface area contributed by atoms with Crippen LogP contribution in [0.2, 0.25) is 0 Å². The van der Waals surface area contributed by atoms with Crippen molar-refractivity contribution in [1.29, 1.82) is 0 Å². The predicted octanol–water partition coefficient (Wildman–Crippen LogP) is 2.27. The first-order valence-electron chi connectivity index (χ1n) is 6.16. The molecule has 0 atom stereocenters. The van der Waals surface area contributed by atoms with Crippen molar-refractivity contribution in [1.82, 2.24) is 0 Å². The largest absolute Gasteiger partial charge is 0.479 e. The van der Waals surface area contributed by atoms with E-state index in [2.05, 4.69) is 10.6 Å². The van der Waals surface area contributed by atoms with Gasteiger partial charge in [-0.15, -0.1) is 0 Å². The van der Waals surface area contributed by atoms with E-state index in [0.717, 1.165) is 0 Å². The van der Waals surface area contributed by atoms with Crippen molar-refractivity contribution >= 4 is 23.2 Å². The van der Waals surface area contributed by atoms with Crippen LogP contribution in [0.25, 0.3) is 0 Å². The standard InChI is InChI=1S/C15H12N2O3/c18-13-9-20-14-11(16-13)7-4-8-12(14)17-15(19)10-5-2-1-3-6-10/h1-8H,9H2,(H,16,18)(H,17,19). The first-order chi connectivity index (χ1) is 9.74. The molecule has 2 aromatic carbocycles. The number of carbonyl (C=O) groups is 2. The molecule has 3 rings (SSSR count). The smallest absolute Gasteiger partial charge is 0.262 e. The summed E-state index contributed by atoms with van der Waals surface area (Å²) >= 11 is 0. The Morgan fingerprint density at radius 2 is 1.90 bits per heavy atom. The van der Waals surface area contributed by atoms with Gasteiger partial charge < -0.3 is 15.4 Å². The summed E-state index contributed by atoms with van der Waals surface area (Å²) in [5, 5.41) is 5.48. The third-order valence-electron chi connectivity index (χ3n) is 2.92. The topological polar surface area (TPSA) is 67.4 Å². The van der Waals surface area contributed by atoms with Gasteiger partial charge in [-0.3, -0.25) is 9.59 Å². The molecule has 1 aliphatic heterocycles. The summed E-state index contributed by atoms with van der Waals surface area (Å²) in [6, 6.07) is 14.1. The van der Waals surface area contributed by atoms with Gasteiger partial charge >= 0.3 is 0 Å². The van der Waals surface area contributed by atoms with Crippen LogP contribution in [-0.4, -0.2) is 18.4 Å². The normalized spacial score (nSPS) is 12.9. The van der Waals surface area contributed by atoms with Crippen molar-refractivity contribution in [3.8, 4) is 5.75 Å². The number of anilines is 2. The number of ether oxygens (including phenoxy) is 1. The van der Waals surface area contributed by atoms with Crippen LogP contribution in [0, 0.1) is 0 Å². The maximum atomic E-state index is 12.1. The van der Waals surface area contributed by atoms with Crippen LogP contribution in [0.1, 0.15) is 10.4 Å². The number of fused-ring (bicyclic) bond motifs is 1.